The maximum atomic E-state index is 11.0. The van der Waals surface area contributed by atoms with Crippen LogP contribution < -0.4 is 14.2 Å². The van der Waals surface area contributed by atoms with E-state index in [1.807, 2.05) is 0 Å². The summed E-state index contributed by atoms with van der Waals surface area (Å²) in [6.07, 6.45) is 1.32. The van der Waals surface area contributed by atoms with Gasteiger partial charge in [0.05, 0.1) is 21.3 Å². The fourth-order valence-corrected chi connectivity index (χ4v) is 1.41. The lowest BCUT2D eigenvalue weighted by Gasteiger charge is -2.12. The van der Waals surface area contributed by atoms with E-state index in [1.54, 1.807) is 12.1 Å². The summed E-state index contributed by atoms with van der Waals surface area (Å²) in [4.78, 5) is 11.0. The summed E-state index contributed by atoms with van der Waals surface area (Å²) in [6, 6.07) is 3.24. The number of Topliss-reactive ketones (excluding diaryl/α,β-unsaturated/α-hetero) is 1. The average Bonchev–Trinajstić information content (AvgIpc) is 2.37. The van der Waals surface area contributed by atoms with Gasteiger partial charge >= 0.3 is 0 Å². The summed E-state index contributed by atoms with van der Waals surface area (Å²) < 4.78 is 15.4. The molecule has 5 heteroatoms. The number of aliphatic hydroxyl groups excluding tert-OH is 1. The van der Waals surface area contributed by atoms with Gasteiger partial charge in [-0.15, -0.1) is 0 Å². The van der Waals surface area contributed by atoms with Gasteiger partial charge < -0.3 is 19.3 Å². The number of aliphatic hydroxyl groups is 1. The van der Waals surface area contributed by atoms with Crippen LogP contribution in [-0.4, -0.2) is 32.2 Å². The zero-order valence-electron chi connectivity index (χ0n) is 10.8. The summed E-state index contributed by atoms with van der Waals surface area (Å²) in [5, 5.41) is 9.47. The van der Waals surface area contributed by atoms with Gasteiger partial charge in [-0.3, -0.25) is 4.79 Å². The molecule has 0 amide bonds. The molecule has 0 saturated carbocycles. The van der Waals surface area contributed by atoms with E-state index in [2.05, 4.69) is 0 Å². The molecular formula is C13H16O5. The first-order valence-corrected chi connectivity index (χ1v) is 5.25. The Labute approximate surface area is 106 Å². The second-order valence-corrected chi connectivity index (χ2v) is 3.53. The van der Waals surface area contributed by atoms with Crippen LogP contribution in [0, 0.1) is 0 Å². The first kappa shape index (κ1) is 13.9. The first-order valence-electron chi connectivity index (χ1n) is 5.25. The lowest BCUT2D eigenvalue weighted by Crippen LogP contribution is -1.97. The van der Waals surface area contributed by atoms with Crippen LogP contribution in [0.5, 0.6) is 17.2 Å². The van der Waals surface area contributed by atoms with Crippen molar-refractivity contribution in [3.05, 3.63) is 23.5 Å². The molecule has 98 valence electrons. The van der Waals surface area contributed by atoms with Gasteiger partial charge in [-0.2, -0.15) is 0 Å². The highest BCUT2D eigenvalue weighted by Crippen LogP contribution is 2.35. The fourth-order valence-electron chi connectivity index (χ4n) is 1.41. The zero-order chi connectivity index (χ0) is 13.7. The molecular weight excluding hydrogens is 236 g/mol. The third-order valence-corrected chi connectivity index (χ3v) is 2.39. The Balaban J connectivity index is 3.34. The molecule has 0 bridgehead atoms. The predicted molar refractivity (Wildman–Crippen MR) is 67.4 cm³/mol. The highest BCUT2D eigenvalue weighted by molar-refractivity contribution is 5.95. The van der Waals surface area contributed by atoms with Crippen LogP contribution in [0.4, 0.5) is 0 Å². The van der Waals surface area contributed by atoms with Crippen LogP contribution in [0.25, 0.3) is 6.08 Å². The molecule has 0 heterocycles. The second-order valence-electron chi connectivity index (χ2n) is 3.53. The van der Waals surface area contributed by atoms with E-state index < -0.39 is 5.78 Å². The molecule has 0 aliphatic rings. The van der Waals surface area contributed by atoms with Gasteiger partial charge in [0.25, 0.3) is 0 Å². The molecule has 1 rings (SSSR count). The van der Waals surface area contributed by atoms with Crippen LogP contribution in [0.15, 0.2) is 17.9 Å². The van der Waals surface area contributed by atoms with E-state index in [4.69, 9.17) is 14.2 Å². The number of ketones is 1. The summed E-state index contributed by atoms with van der Waals surface area (Å²) in [7, 11) is 4.51. The molecule has 0 unspecified atom stereocenters. The molecule has 0 aliphatic carbocycles. The SMILES string of the molecule is COc1cc(OC)c(OC)cc1/C=C(\O)C(C)=O. The number of hydrogen-bond acceptors (Lipinski definition) is 5. The maximum absolute atomic E-state index is 11.0. The number of hydrogen-bond donors (Lipinski definition) is 1. The lowest BCUT2D eigenvalue weighted by atomic mass is 10.1. The van der Waals surface area contributed by atoms with Gasteiger partial charge in [0.15, 0.2) is 23.0 Å². The normalized spacial score (nSPS) is 11.0. The summed E-state index contributed by atoms with van der Waals surface area (Å²) in [5.74, 6) is 0.697. The summed E-state index contributed by atoms with van der Waals surface area (Å²) >= 11 is 0. The maximum Gasteiger partial charge on any atom is 0.194 e. The van der Waals surface area contributed by atoms with Crippen molar-refractivity contribution in [2.45, 2.75) is 6.92 Å². The molecule has 1 aromatic rings. The average molecular weight is 252 g/mol. The largest absolute Gasteiger partial charge is 0.504 e. The highest BCUT2D eigenvalue weighted by Gasteiger charge is 2.12. The Morgan fingerprint density at radius 3 is 2.00 bits per heavy atom. The van der Waals surface area contributed by atoms with E-state index >= 15 is 0 Å². The quantitative estimate of drug-likeness (QED) is 0.643. The van der Waals surface area contributed by atoms with Crippen LogP contribution in [0.2, 0.25) is 0 Å². The standard InChI is InChI=1S/C13H16O5/c1-8(14)10(15)5-9-6-12(17-3)13(18-4)7-11(9)16-2/h5-7,15H,1-4H3/b10-5-. The van der Waals surface area contributed by atoms with E-state index in [0.29, 0.717) is 22.8 Å². The number of benzene rings is 1. The molecule has 0 atom stereocenters. The van der Waals surface area contributed by atoms with Crippen LogP contribution in [-0.2, 0) is 4.79 Å². The third kappa shape index (κ3) is 2.94. The molecule has 0 radical (unpaired) electrons. The number of ether oxygens (including phenoxy) is 3. The Morgan fingerprint density at radius 1 is 1.06 bits per heavy atom. The van der Waals surface area contributed by atoms with Crippen molar-refractivity contribution in [2.24, 2.45) is 0 Å². The van der Waals surface area contributed by atoms with Crippen LogP contribution >= 0.6 is 0 Å². The minimum atomic E-state index is -0.424. The monoisotopic (exact) mass is 252 g/mol. The fraction of sp³-hybridized carbons (Fsp3) is 0.308. The van der Waals surface area contributed by atoms with Crippen molar-refractivity contribution in [3.63, 3.8) is 0 Å². The summed E-state index contributed by atoms with van der Waals surface area (Å²) in [5.41, 5.74) is 0.530. The zero-order valence-corrected chi connectivity index (χ0v) is 10.8. The van der Waals surface area contributed by atoms with Crippen molar-refractivity contribution in [1.82, 2.24) is 0 Å². The topological polar surface area (TPSA) is 65.0 Å². The lowest BCUT2D eigenvalue weighted by molar-refractivity contribution is -0.115. The smallest absolute Gasteiger partial charge is 0.194 e. The summed E-state index contributed by atoms with van der Waals surface area (Å²) in [6.45, 7) is 1.28. The molecule has 0 aliphatic heterocycles. The van der Waals surface area contributed by atoms with E-state index in [9.17, 15) is 9.90 Å². The number of carbonyl (C=O) groups excluding carboxylic acids is 1. The molecule has 1 N–H and O–H groups in total. The Kier molecular flexibility index (Phi) is 4.59. The molecule has 0 fully saturated rings. The number of allylic oxidation sites excluding steroid dienone is 1. The van der Waals surface area contributed by atoms with E-state index in [-0.39, 0.29) is 5.76 Å². The first-order chi connectivity index (χ1) is 8.53. The molecule has 0 spiro atoms. The minimum absolute atomic E-state index is 0.347. The van der Waals surface area contributed by atoms with Crippen molar-refractivity contribution >= 4 is 11.9 Å². The molecule has 18 heavy (non-hydrogen) atoms. The third-order valence-electron chi connectivity index (χ3n) is 2.39. The minimum Gasteiger partial charge on any atom is -0.504 e. The van der Waals surface area contributed by atoms with Gasteiger partial charge in [0.1, 0.15) is 5.75 Å². The van der Waals surface area contributed by atoms with Gasteiger partial charge in [-0.1, -0.05) is 0 Å². The van der Waals surface area contributed by atoms with Crippen LogP contribution in [0.3, 0.4) is 0 Å². The van der Waals surface area contributed by atoms with Gasteiger partial charge in [-0.05, 0) is 12.1 Å². The van der Waals surface area contributed by atoms with Crippen molar-refractivity contribution < 1.29 is 24.1 Å². The number of methoxy groups -OCH3 is 3. The molecule has 5 nitrogen and oxygen atoms in total. The predicted octanol–water partition coefficient (Wildman–Crippen LogP) is 2.20. The van der Waals surface area contributed by atoms with E-state index in [1.165, 1.54) is 34.3 Å². The van der Waals surface area contributed by atoms with Gasteiger partial charge in [0.2, 0.25) is 0 Å². The number of rotatable bonds is 5. The van der Waals surface area contributed by atoms with Crippen molar-refractivity contribution in [1.29, 1.82) is 0 Å². The molecule has 0 saturated heterocycles. The molecule has 0 aromatic heterocycles. The highest BCUT2D eigenvalue weighted by atomic mass is 16.5. The molecule has 1 aromatic carbocycles. The van der Waals surface area contributed by atoms with E-state index in [0.717, 1.165) is 0 Å². The Morgan fingerprint density at radius 2 is 1.56 bits per heavy atom. The van der Waals surface area contributed by atoms with Gasteiger partial charge in [-0.25, -0.2) is 0 Å². The second kappa shape index (κ2) is 5.95. The number of carbonyl (C=O) groups is 1. The van der Waals surface area contributed by atoms with Crippen molar-refractivity contribution in [3.8, 4) is 17.2 Å². The Bertz CT molecular complexity index is 477. The van der Waals surface area contributed by atoms with Crippen molar-refractivity contribution in [2.75, 3.05) is 21.3 Å². The van der Waals surface area contributed by atoms with Crippen LogP contribution in [0.1, 0.15) is 12.5 Å². The Hall–Kier alpha value is -2.17. The van der Waals surface area contributed by atoms with Gasteiger partial charge in [0, 0.05) is 18.6 Å².